The van der Waals surface area contributed by atoms with Crippen LogP contribution in [0.3, 0.4) is 0 Å². The number of nitrogens with zero attached hydrogens (tertiary/aromatic N) is 4. The first-order valence-corrected chi connectivity index (χ1v) is 10.2. The molecule has 0 radical (unpaired) electrons. The number of aromatic nitrogens is 2. The van der Waals surface area contributed by atoms with Crippen molar-refractivity contribution in [2.75, 3.05) is 26.9 Å². The van der Waals surface area contributed by atoms with Gasteiger partial charge in [-0.25, -0.2) is 9.97 Å². The highest BCUT2D eigenvalue weighted by atomic mass is 16.5. The van der Waals surface area contributed by atoms with Crippen LogP contribution >= 0.6 is 0 Å². The van der Waals surface area contributed by atoms with E-state index in [1.54, 1.807) is 19.5 Å². The third kappa shape index (κ3) is 3.78. The van der Waals surface area contributed by atoms with Crippen LogP contribution in [-0.4, -0.2) is 35.8 Å². The Hall–Kier alpha value is -3.25. The Bertz CT molecular complexity index is 1180. The Balaban J connectivity index is 1.50. The maximum Gasteiger partial charge on any atom is 0.219 e. The third-order valence-electron chi connectivity index (χ3n) is 5.76. The molecule has 2 N–H and O–H groups in total. The highest BCUT2D eigenvalue weighted by Crippen LogP contribution is 2.24. The number of benzene rings is 2. The summed E-state index contributed by atoms with van der Waals surface area (Å²) < 4.78 is 6.09. The van der Waals surface area contributed by atoms with Crippen molar-refractivity contribution in [2.24, 2.45) is 5.10 Å². The van der Waals surface area contributed by atoms with Crippen molar-refractivity contribution >= 4 is 11.6 Å². The summed E-state index contributed by atoms with van der Waals surface area (Å²) in [6.45, 7) is 2.12. The molecule has 1 aliphatic heterocycles. The molecule has 0 spiro atoms. The van der Waals surface area contributed by atoms with Gasteiger partial charge in [-0.1, -0.05) is 29.4 Å². The minimum atomic E-state index is 0.294. The first kappa shape index (κ1) is 20.0. The molecule has 0 saturated carbocycles. The van der Waals surface area contributed by atoms with Crippen molar-refractivity contribution in [2.45, 2.75) is 26.2 Å². The number of rotatable bonds is 6. The lowest BCUT2D eigenvalue weighted by Gasteiger charge is -2.21. The van der Waals surface area contributed by atoms with E-state index in [-0.39, 0.29) is 0 Å². The van der Waals surface area contributed by atoms with Crippen LogP contribution < -0.4 is 21.0 Å². The maximum absolute atomic E-state index is 5.57. The van der Waals surface area contributed by atoms with E-state index >= 15 is 0 Å². The Morgan fingerprint density at radius 2 is 1.63 bits per heavy atom. The van der Waals surface area contributed by atoms with E-state index in [0.29, 0.717) is 10.5 Å². The summed E-state index contributed by atoms with van der Waals surface area (Å²) in [6, 6.07) is 12.7. The molecule has 0 atom stereocenters. The predicted molar refractivity (Wildman–Crippen MR) is 119 cm³/mol. The predicted octanol–water partition coefficient (Wildman–Crippen LogP) is 2.80. The highest BCUT2D eigenvalue weighted by Gasteiger charge is 2.29. The lowest BCUT2D eigenvalue weighted by atomic mass is 10.0. The molecule has 2 heterocycles. The van der Waals surface area contributed by atoms with E-state index < -0.39 is 0 Å². The molecule has 6 heteroatoms. The van der Waals surface area contributed by atoms with Gasteiger partial charge in [0, 0.05) is 29.9 Å². The molecule has 1 aliphatic rings. The molecule has 154 valence electrons. The molecule has 0 aliphatic carbocycles. The van der Waals surface area contributed by atoms with Crippen molar-refractivity contribution in [1.82, 2.24) is 9.97 Å². The molecule has 0 bridgehead atoms. The Morgan fingerprint density at radius 1 is 0.933 bits per heavy atom. The Kier molecular flexibility index (Phi) is 5.26. The van der Waals surface area contributed by atoms with E-state index in [4.69, 9.17) is 15.6 Å². The largest absolute Gasteiger partial charge is 0.496 e. The van der Waals surface area contributed by atoms with Gasteiger partial charge in [0.1, 0.15) is 16.8 Å². The van der Waals surface area contributed by atoms with Crippen LogP contribution in [0.4, 0.5) is 5.95 Å². The Morgan fingerprint density at radius 3 is 2.30 bits per heavy atom. The molecule has 30 heavy (non-hydrogen) atoms. The molecule has 0 fully saturated rings. The Labute approximate surface area is 176 Å². The first-order valence-electron chi connectivity index (χ1n) is 10.2. The zero-order valence-electron chi connectivity index (χ0n) is 18.0. The van der Waals surface area contributed by atoms with Gasteiger partial charge in [-0.05, 0) is 43.0 Å². The third-order valence-corrected chi connectivity index (χ3v) is 5.76. The van der Waals surface area contributed by atoms with Crippen molar-refractivity contribution in [1.29, 1.82) is 0 Å². The van der Waals surface area contributed by atoms with Gasteiger partial charge in [0.2, 0.25) is 5.95 Å². The summed E-state index contributed by atoms with van der Waals surface area (Å²) in [5.41, 5.74) is 11.5. The van der Waals surface area contributed by atoms with E-state index in [2.05, 4.69) is 61.3 Å². The van der Waals surface area contributed by atoms with Gasteiger partial charge in [-0.3, -0.25) is 0 Å². The van der Waals surface area contributed by atoms with E-state index in [9.17, 15) is 0 Å². The molecular formula is C24H28N5O+. The van der Waals surface area contributed by atoms with Gasteiger partial charge < -0.3 is 10.5 Å². The highest BCUT2D eigenvalue weighted by molar-refractivity contribution is 5.62. The molecule has 3 aromatic rings. The van der Waals surface area contributed by atoms with Crippen LogP contribution in [0.1, 0.15) is 24.0 Å². The molecular weight excluding hydrogens is 374 g/mol. The zero-order chi connectivity index (χ0) is 21.3. The van der Waals surface area contributed by atoms with Gasteiger partial charge in [-0.2, -0.15) is 4.59 Å². The normalized spacial score (nSPS) is 14.3. The minimum Gasteiger partial charge on any atom is -0.496 e. The number of fused-ring (bicyclic) bond motifs is 1. The number of nitrogen functional groups attached to an aromatic ring is 1. The standard InChI is InChI=1S/C24H28N5O/c1-16-22(30-4)13-12-20-23(16)21(29(2,3)28-20)7-5-6-17-8-10-18(11-9-17)19-14-26-24(25)27-15-19/h8-15H,5-7H2,1-4H3,(H2,25,26,27)/q+1. The lowest BCUT2D eigenvalue weighted by Crippen LogP contribution is -2.32. The molecule has 6 nitrogen and oxygen atoms in total. The number of methoxy groups -OCH3 is 1. The fraction of sp³-hybridized carbons (Fsp3) is 0.292. The average Bonchev–Trinajstić information content (AvgIpc) is 3.00. The molecule has 0 saturated heterocycles. The monoisotopic (exact) mass is 402 g/mol. The van der Waals surface area contributed by atoms with Crippen LogP contribution in [-0.2, 0) is 6.42 Å². The second-order valence-electron chi connectivity index (χ2n) is 8.11. The number of aryl methyl sites for hydroxylation is 1. The van der Waals surface area contributed by atoms with E-state index in [0.717, 1.165) is 41.5 Å². The number of ether oxygens (including phenoxy) is 1. The summed E-state index contributed by atoms with van der Waals surface area (Å²) in [5, 5.41) is 7.21. The molecule has 4 rings (SSSR count). The van der Waals surface area contributed by atoms with Crippen LogP contribution in [0.25, 0.3) is 16.8 Å². The van der Waals surface area contributed by atoms with Gasteiger partial charge in [0.05, 0.1) is 26.4 Å². The van der Waals surface area contributed by atoms with Crippen LogP contribution in [0.2, 0.25) is 0 Å². The summed E-state index contributed by atoms with van der Waals surface area (Å²) in [5.74, 6) is 1.22. The van der Waals surface area contributed by atoms with Crippen molar-refractivity contribution < 1.29 is 9.33 Å². The van der Waals surface area contributed by atoms with Crippen molar-refractivity contribution in [3.63, 3.8) is 0 Å². The summed E-state index contributed by atoms with van der Waals surface area (Å²) >= 11 is 0. The van der Waals surface area contributed by atoms with E-state index in [1.807, 2.05) is 6.07 Å². The second-order valence-corrected chi connectivity index (χ2v) is 8.11. The summed E-state index contributed by atoms with van der Waals surface area (Å²) in [4.78, 5) is 8.13. The van der Waals surface area contributed by atoms with Gasteiger partial charge in [0.15, 0.2) is 0 Å². The number of hydrogen-bond acceptors (Lipinski definition) is 5. The van der Waals surface area contributed by atoms with Gasteiger partial charge in [-0.15, -0.1) is 0 Å². The number of hydrogen-bond donors (Lipinski definition) is 1. The van der Waals surface area contributed by atoms with Crippen molar-refractivity contribution in [3.8, 4) is 16.9 Å². The topological polar surface area (TPSA) is 73.4 Å². The quantitative estimate of drug-likeness (QED) is 0.644. The van der Waals surface area contributed by atoms with E-state index in [1.165, 1.54) is 22.0 Å². The van der Waals surface area contributed by atoms with Crippen LogP contribution in [0.5, 0.6) is 5.75 Å². The minimum absolute atomic E-state index is 0.294. The number of nitrogens with two attached hydrogens (primary N) is 1. The van der Waals surface area contributed by atoms with Gasteiger partial charge >= 0.3 is 0 Å². The summed E-state index contributed by atoms with van der Waals surface area (Å²) in [7, 11) is 6.01. The SMILES string of the molecule is COc1ccc2c(c1C)=C(CCCc1ccc(-c3cnc(N)nc3)cc1)[N+](C)(C)N=2. The number of quaternary nitrogens is 1. The average molecular weight is 403 g/mol. The zero-order valence-corrected chi connectivity index (χ0v) is 18.0. The molecule has 1 aromatic heterocycles. The fourth-order valence-corrected chi connectivity index (χ4v) is 4.16. The smallest absolute Gasteiger partial charge is 0.219 e. The summed E-state index contributed by atoms with van der Waals surface area (Å²) in [6.07, 6.45) is 6.58. The molecule has 2 aromatic carbocycles. The lowest BCUT2D eigenvalue weighted by molar-refractivity contribution is -0.828. The molecule has 0 amide bonds. The fourth-order valence-electron chi connectivity index (χ4n) is 4.16. The maximum atomic E-state index is 5.57. The van der Waals surface area contributed by atoms with Crippen LogP contribution in [0, 0.1) is 6.92 Å². The number of anilines is 1. The second kappa shape index (κ2) is 7.88. The first-order chi connectivity index (χ1) is 14.4. The van der Waals surface area contributed by atoms with Gasteiger partial charge in [0.25, 0.3) is 0 Å². The van der Waals surface area contributed by atoms with Crippen LogP contribution in [0.15, 0.2) is 53.9 Å². The van der Waals surface area contributed by atoms with Crippen molar-refractivity contribution in [3.05, 3.63) is 70.5 Å². The molecule has 0 unspecified atom stereocenters.